The first-order valence-corrected chi connectivity index (χ1v) is 17.2. The van der Waals surface area contributed by atoms with E-state index in [2.05, 4.69) is 20.9 Å². The van der Waals surface area contributed by atoms with Gasteiger partial charge in [-0.2, -0.15) is 0 Å². The molecule has 5 N–H and O–H groups in total. The molecule has 2 aromatic carbocycles. The van der Waals surface area contributed by atoms with Crippen molar-refractivity contribution in [3.05, 3.63) is 88.6 Å². The monoisotopic (exact) mass is 667 g/mol. The highest BCUT2D eigenvalue weighted by atomic mass is 16.2. The minimum Gasteiger partial charge on any atom is -0.341 e. The molecule has 11 nitrogen and oxygen atoms in total. The molecule has 0 radical (unpaired) electrons. The topological polar surface area (TPSA) is 150 Å². The number of nitrogens with two attached hydrogens (primary N) is 1. The second kappa shape index (κ2) is 15.7. The van der Waals surface area contributed by atoms with Gasteiger partial charge in [0, 0.05) is 44.5 Å². The van der Waals surface area contributed by atoms with Crippen LogP contribution in [0.3, 0.4) is 0 Å². The molecule has 1 atom stereocenters. The fourth-order valence-corrected chi connectivity index (χ4v) is 6.85. The summed E-state index contributed by atoms with van der Waals surface area (Å²) in [5.41, 5.74) is 10.8. The second-order valence-corrected chi connectivity index (χ2v) is 13.6. The Labute approximate surface area is 289 Å². The molecule has 49 heavy (non-hydrogen) atoms. The molecule has 3 heterocycles. The van der Waals surface area contributed by atoms with Crippen molar-refractivity contribution >= 4 is 35.1 Å². The zero-order valence-electron chi connectivity index (χ0n) is 29.1. The van der Waals surface area contributed by atoms with Crippen molar-refractivity contribution in [2.75, 3.05) is 37.3 Å². The van der Waals surface area contributed by atoms with Crippen LogP contribution >= 0.6 is 0 Å². The third-order valence-corrected chi connectivity index (χ3v) is 10.0. The van der Waals surface area contributed by atoms with E-state index in [1.165, 1.54) is 0 Å². The van der Waals surface area contributed by atoms with Crippen LogP contribution in [0.15, 0.2) is 60.8 Å². The third-order valence-electron chi connectivity index (χ3n) is 10.0. The molecule has 2 aliphatic heterocycles. The van der Waals surface area contributed by atoms with Gasteiger partial charge in [-0.3, -0.25) is 19.2 Å². The first-order valence-electron chi connectivity index (χ1n) is 17.2. The summed E-state index contributed by atoms with van der Waals surface area (Å²) in [6.45, 7) is 7.50. The average molecular weight is 668 g/mol. The van der Waals surface area contributed by atoms with Crippen molar-refractivity contribution in [2.45, 2.75) is 72.0 Å². The van der Waals surface area contributed by atoms with Crippen molar-refractivity contribution in [2.24, 2.45) is 17.1 Å². The van der Waals surface area contributed by atoms with E-state index < -0.39 is 11.5 Å². The van der Waals surface area contributed by atoms with Crippen molar-refractivity contribution < 1.29 is 19.2 Å². The number of carbonyl (C=O) groups is 4. The number of fused-ring (bicyclic) bond motifs is 2. The lowest BCUT2D eigenvalue weighted by Gasteiger charge is -2.43. The number of hydrogen-bond acceptors (Lipinski definition) is 7. The van der Waals surface area contributed by atoms with Crippen LogP contribution in [0.5, 0.6) is 0 Å². The van der Waals surface area contributed by atoms with Gasteiger partial charge in [0.2, 0.25) is 23.6 Å². The SMILES string of the molecule is CCC1(C(=O)N(CC(=O)Nc2ccc3c(c2)CC(=O)Nc2ncccc2C3)Cc2ccccc2CNC)CCN(C(=O)[C@@H](N)C(C)C)CC1. The summed E-state index contributed by atoms with van der Waals surface area (Å²) < 4.78 is 0. The van der Waals surface area contributed by atoms with Crippen LogP contribution in [0.1, 0.15) is 67.9 Å². The minimum atomic E-state index is -0.710. The number of nitrogens with one attached hydrogen (secondary N) is 3. The molecule has 1 aromatic heterocycles. The number of hydrogen-bond donors (Lipinski definition) is 4. The number of benzene rings is 2. The normalized spacial score (nSPS) is 16.0. The highest BCUT2D eigenvalue weighted by Gasteiger charge is 2.44. The zero-order chi connectivity index (χ0) is 35.1. The number of carbonyl (C=O) groups excluding carboxylic acids is 4. The maximum atomic E-state index is 14.6. The van der Waals surface area contributed by atoms with E-state index in [-0.39, 0.29) is 49.1 Å². The summed E-state index contributed by atoms with van der Waals surface area (Å²) in [7, 11) is 1.88. The maximum absolute atomic E-state index is 14.6. The van der Waals surface area contributed by atoms with Crippen LogP contribution in [-0.2, 0) is 45.1 Å². The van der Waals surface area contributed by atoms with E-state index in [1.54, 1.807) is 16.0 Å². The fourth-order valence-electron chi connectivity index (χ4n) is 6.85. The molecular weight excluding hydrogens is 618 g/mol. The minimum absolute atomic E-state index is 0.0221. The van der Waals surface area contributed by atoms with E-state index in [1.807, 2.05) is 82.4 Å². The molecule has 1 saturated heterocycles. The summed E-state index contributed by atoms with van der Waals surface area (Å²) in [5.74, 6) is -0.0890. The van der Waals surface area contributed by atoms with Gasteiger partial charge in [-0.15, -0.1) is 0 Å². The van der Waals surface area contributed by atoms with Crippen LogP contribution in [0, 0.1) is 11.3 Å². The Morgan fingerprint density at radius 2 is 1.73 bits per heavy atom. The summed E-state index contributed by atoms with van der Waals surface area (Å²) in [6.07, 6.45) is 4.01. The van der Waals surface area contributed by atoms with Crippen LogP contribution in [0.2, 0.25) is 0 Å². The van der Waals surface area contributed by atoms with Crippen LogP contribution in [0.4, 0.5) is 11.5 Å². The lowest BCUT2D eigenvalue weighted by Crippen LogP contribution is -2.55. The Hall–Kier alpha value is -4.61. The van der Waals surface area contributed by atoms with Gasteiger partial charge in [0.05, 0.1) is 17.9 Å². The van der Waals surface area contributed by atoms with Gasteiger partial charge < -0.3 is 31.5 Å². The van der Waals surface area contributed by atoms with Crippen molar-refractivity contribution in [3.8, 4) is 0 Å². The summed E-state index contributed by atoms with van der Waals surface area (Å²) in [5, 5.41) is 9.07. The average Bonchev–Trinajstić information content (AvgIpc) is 3.09. The molecule has 0 aliphatic carbocycles. The molecule has 4 amide bonds. The smallest absolute Gasteiger partial charge is 0.244 e. The molecule has 2 aliphatic rings. The maximum Gasteiger partial charge on any atom is 0.244 e. The highest BCUT2D eigenvalue weighted by molar-refractivity contribution is 5.96. The molecule has 260 valence electrons. The molecule has 1 fully saturated rings. The zero-order valence-corrected chi connectivity index (χ0v) is 29.1. The number of rotatable bonds is 11. The molecule has 11 heteroatoms. The highest BCUT2D eigenvalue weighted by Crippen LogP contribution is 2.38. The van der Waals surface area contributed by atoms with Gasteiger partial charge in [0.15, 0.2) is 0 Å². The number of likely N-dealkylation sites (tertiary alicyclic amines) is 1. The van der Waals surface area contributed by atoms with Gasteiger partial charge >= 0.3 is 0 Å². The number of pyridine rings is 1. The van der Waals surface area contributed by atoms with Gasteiger partial charge in [-0.1, -0.05) is 57.2 Å². The summed E-state index contributed by atoms with van der Waals surface area (Å²) in [4.78, 5) is 61.9. The van der Waals surface area contributed by atoms with Crippen LogP contribution in [0.25, 0.3) is 0 Å². The number of anilines is 2. The lowest BCUT2D eigenvalue weighted by molar-refractivity contribution is -0.151. The second-order valence-electron chi connectivity index (χ2n) is 13.6. The van der Waals surface area contributed by atoms with E-state index >= 15 is 0 Å². The Morgan fingerprint density at radius 1 is 1.00 bits per heavy atom. The Bertz CT molecular complexity index is 1680. The molecule has 3 aromatic rings. The molecule has 0 unspecified atom stereocenters. The van der Waals surface area contributed by atoms with Crippen molar-refractivity contribution in [1.29, 1.82) is 0 Å². The van der Waals surface area contributed by atoms with E-state index in [0.717, 1.165) is 27.8 Å². The number of piperidine rings is 1. The van der Waals surface area contributed by atoms with Crippen LogP contribution in [-0.4, -0.2) is 71.1 Å². The quantitative estimate of drug-likeness (QED) is 0.243. The van der Waals surface area contributed by atoms with Crippen LogP contribution < -0.4 is 21.7 Å². The van der Waals surface area contributed by atoms with Gasteiger partial charge in [-0.05, 0) is 78.2 Å². The molecule has 0 saturated carbocycles. The van der Waals surface area contributed by atoms with Gasteiger partial charge in [0.25, 0.3) is 0 Å². The molecule has 0 bridgehead atoms. The Kier molecular flexibility index (Phi) is 11.5. The largest absolute Gasteiger partial charge is 0.341 e. The predicted octanol–water partition coefficient (Wildman–Crippen LogP) is 3.86. The summed E-state index contributed by atoms with van der Waals surface area (Å²) >= 11 is 0. The molecule has 0 spiro atoms. The molecular formula is C38H49N7O4. The van der Waals surface area contributed by atoms with Crippen molar-refractivity contribution in [3.63, 3.8) is 0 Å². The van der Waals surface area contributed by atoms with E-state index in [0.29, 0.717) is 56.8 Å². The predicted molar refractivity (Wildman–Crippen MR) is 190 cm³/mol. The number of nitrogens with zero attached hydrogens (tertiary/aromatic N) is 3. The third kappa shape index (κ3) is 8.34. The first-order chi connectivity index (χ1) is 23.5. The number of aromatic nitrogens is 1. The van der Waals surface area contributed by atoms with E-state index in [4.69, 9.17) is 5.73 Å². The van der Waals surface area contributed by atoms with E-state index in [9.17, 15) is 19.2 Å². The Balaban J connectivity index is 1.36. The molecule has 5 rings (SSSR count). The standard InChI is InChI=1S/C38H49N7O4/c1-5-38(14-17-44(18-15-38)36(48)34(39)25(2)3)37(49)45(23-29-10-7-6-9-28(29)22-40-4)24-33(47)42-31-13-12-26-19-27-11-8-16-41-35(27)43-32(46)21-30(26)20-31/h6-13,16,20,25,34,40H,5,14-15,17-19,21-24,39H2,1-4H3,(H,42,47)(H,41,43,46)/t34-/m0/s1. The first kappa shape index (κ1) is 35.7. The van der Waals surface area contributed by atoms with Crippen molar-refractivity contribution in [1.82, 2.24) is 20.1 Å². The van der Waals surface area contributed by atoms with Gasteiger partial charge in [-0.25, -0.2) is 4.98 Å². The number of amides is 4. The fraction of sp³-hybridized carbons (Fsp3) is 0.447. The summed E-state index contributed by atoms with van der Waals surface area (Å²) in [6, 6.07) is 16.7. The Morgan fingerprint density at radius 3 is 2.43 bits per heavy atom. The lowest BCUT2D eigenvalue weighted by atomic mass is 9.74. The van der Waals surface area contributed by atoms with Gasteiger partial charge in [0.1, 0.15) is 12.4 Å².